The second-order valence-corrected chi connectivity index (χ2v) is 3.63. The number of unbranched alkanes of at least 4 members (excludes halogenated alkanes) is 1. The van der Waals surface area contributed by atoms with Crippen LogP contribution >= 0.6 is 12.4 Å². The van der Waals surface area contributed by atoms with Gasteiger partial charge in [0.15, 0.2) is 23.3 Å². The molecule has 0 aliphatic heterocycles. The monoisotopic (exact) mass is 271 g/mol. The van der Waals surface area contributed by atoms with Gasteiger partial charge in [0.25, 0.3) is 0 Å². The predicted octanol–water partition coefficient (Wildman–Crippen LogP) is 3.85. The molecule has 0 radical (unpaired) electrons. The van der Waals surface area contributed by atoms with Gasteiger partial charge in [0.05, 0.1) is 0 Å². The molecular formula is C11H14ClF4N. The first-order valence-corrected chi connectivity index (χ1v) is 5.07. The summed E-state index contributed by atoms with van der Waals surface area (Å²) in [5.41, 5.74) is 4.80. The van der Waals surface area contributed by atoms with E-state index in [2.05, 4.69) is 0 Å². The minimum absolute atomic E-state index is 0. The molecule has 0 aliphatic rings. The van der Waals surface area contributed by atoms with E-state index in [1.807, 2.05) is 6.92 Å². The fraction of sp³-hybridized carbons (Fsp3) is 0.455. The van der Waals surface area contributed by atoms with E-state index < -0.39 is 34.9 Å². The highest BCUT2D eigenvalue weighted by Gasteiger charge is 2.23. The molecule has 0 spiro atoms. The highest BCUT2D eigenvalue weighted by Crippen LogP contribution is 2.26. The summed E-state index contributed by atoms with van der Waals surface area (Å²) in [6.07, 6.45) is 1.71. The number of hydrogen-bond donors (Lipinski definition) is 1. The summed E-state index contributed by atoms with van der Waals surface area (Å²) in [6, 6.07) is -0.842. The molecule has 6 heteroatoms. The van der Waals surface area contributed by atoms with Crippen molar-refractivity contribution in [3.05, 3.63) is 34.9 Å². The first-order chi connectivity index (χ1) is 7.49. The Morgan fingerprint density at radius 3 is 2.00 bits per heavy atom. The van der Waals surface area contributed by atoms with Crippen LogP contribution in [0.3, 0.4) is 0 Å². The van der Waals surface area contributed by atoms with Crippen molar-refractivity contribution < 1.29 is 17.6 Å². The Hall–Kier alpha value is -0.810. The largest absolute Gasteiger partial charge is 0.324 e. The van der Waals surface area contributed by atoms with Crippen LogP contribution in [0, 0.1) is 23.3 Å². The van der Waals surface area contributed by atoms with Crippen LogP contribution in [0.2, 0.25) is 0 Å². The molecule has 1 atom stereocenters. The van der Waals surface area contributed by atoms with Gasteiger partial charge in [-0.2, -0.15) is 0 Å². The van der Waals surface area contributed by atoms with E-state index in [4.69, 9.17) is 5.73 Å². The van der Waals surface area contributed by atoms with Gasteiger partial charge in [0.1, 0.15) is 0 Å². The first-order valence-electron chi connectivity index (χ1n) is 5.07. The Balaban J connectivity index is 0.00000256. The van der Waals surface area contributed by atoms with Crippen LogP contribution in [0.5, 0.6) is 0 Å². The smallest absolute Gasteiger partial charge is 0.166 e. The second kappa shape index (κ2) is 6.81. The average Bonchev–Trinajstić information content (AvgIpc) is 2.24. The molecule has 0 saturated carbocycles. The maximum atomic E-state index is 13.3. The molecule has 17 heavy (non-hydrogen) atoms. The van der Waals surface area contributed by atoms with Crippen LogP contribution in [-0.4, -0.2) is 0 Å². The lowest BCUT2D eigenvalue weighted by molar-refractivity contribution is 0.420. The predicted molar refractivity (Wildman–Crippen MR) is 60.0 cm³/mol. The standard InChI is InChI=1S/C11H13F4N.ClH/c1-2-3-4-8(16)9-10(14)6(12)5-7(13)11(9)15;/h5,8H,2-4,16H2,1H3;1H/t8-;/m1./s1. The van der Waals surface area contributed by atoms with Gasteiger partial charge in [-0.15, -0.1) is 12.4 Å². The van der Waals surface area contributed by atoms with Crippen LogP contribution in [0.1, 0.15) is 37.8 Å². The number of hydrogen-bond acceptors (Lipinski definition) is 1. The van der Waals surface area contributed by atoms with E-state index in [1.54, 1.807) is 0 Å². The summed E-state index contributed by atoms with van der Waals surface area (Å²) >= 11 is 0. The summed E-state index contributed by atoms with van der Waals surface area (Å²) in [4.78, 5) is 0. The van der Waals surface area contributed by atoms with Gasteiger partial charge in [0.2, 0.25) is 0 Å². The molecule has 0 saturated heterocycles. The minimum atomic E-state index is -1.42. The molecule has 0 fully saturated rings. The third-order valence-electron chi connectivity index (χ3n) is 2.39. The number of nitrogens with two attached hydrogens (primary N) is 1. The van der Waals surface area contributed by atoms with Crippen molar-refractivity contribution >= 4 is 12.4 Å². The quantitative estimate of drug-likeness (QED) is 0.653. The number of benzene rings is 1. The van der Waals surface area contributed by atoms with Gasteiger partial charge in [0, 0.05) is 17.7 Å². The van der Waals surface area contributed by atoms with Gasteiger partial charge in [-0.25, -0.2) is 17.6 Å². The van der Waals surface area contributed by atoms with Gasteiger partial charge >= 0.3 is 0 Å². The zero-order chi connectivity index (χ0) is 12.3. The highest BCUT2D eigenvalue weighted by atomic mass is 35.5. The summed E-state index contributed by atoms with van der Waals surface area (Å²) in [5.74, 6) is -5.63. The van der Waals surface area contributed by atoms with Crippen molar-refractivity contribution in [2.24, 2.45) is 5.73 Å². The molecule has 98 valence electrons. The fourth-order valence-electron chi connectivity index (χ4n) is 1.49. The van der Waals surface area contributed by atoms with Crippen LogP contribution in [0.25, 0.3) is 0 Å². The fourth-order valence-corrected chi connectivity index (χ4v) is 1.49. The summed E-state index contributed by atoms with van der Waals surface area (Å²) < 4.78 is 52.2. The molecule has 0 amide bonds. The van der Waals surface area contributed by atoms with Crippen molar-refractivity contribution in [3.63, 3.8) is 0 Å². The average molecular weight is 272 g/mol. The Bertz CT molecular complexity index is 358. The van der Waals surface area contributed by atoms with E-state index in [1.165, 1.54) is 0 Å². The SMILES string of the molecule is CCCC[C@@H](N)c1c(F)c(F)cc(F)c1F.Cl. The first kappa shape index (κ1) is 16.2. The molecule has 1 aromatic rings. The number of halogens is 5. The molecule has 0 bridgehead atoms. The van der Waals surface area contributed by atoms with Gasteiger partial charge in [-0.3, -0.25) is 0 Å². The van der Waals surface area contributed by atoms with Crippen LogP contribution in [0.15, 0.2) is 6.07 Å². The minimum Gasteiger partial charge on any atom is -0.324 e. The van der Waals surface area contributed by atoms with Crippen molar-refractivity contribution in [1.82, 2.24) is 0 Å². The van der Waals surface area contributed by atoms with E-state index in [-0.39, 0.29) is 24.9 Å². The highest BCUT2D eigenvalue weighted by molar-refractivity contribution is 5.85. The van der Waals surface area contributed by atoms with Crippen LogP contribution in [-0.2, 0) is 0 Å². The maximum Gasteiger partial charge on any atom is 0.166 e. The normalized spacial score (nSPS) is 12.1. The number of rotatable bonds is 4. The van der Waals surface area contributed by atoms with Crippen LogP contribution < -0.4 is 5.73 Å². The molecule has 0 aliphatic carbocycles. The Kier molecular flexibility index (Phi) is 6.49. The summed E-state index contributed by atoms with van der Waals surface area (Å²) in [7, 11) is 0. The van der Waals surface area contributed by atoms with E-state index in [0.717, 1.165) is 6.42 Å². The van der Waals surface area contributed by atoms with Gasteiger partial charge in [-0.05, 0) is 6.42 Å². The van der Waals surface area contributed by atoms with E-state index in [9.17, 15) is 17.6 Å². The molecule has 0 heterocycles. The van der Waals surface area contributed by atoms with Gasteiger partial charge in [-0.1, -0.05) is 19.8 Å². The van der Waals surface area contributed by atoms with Crippen LogP contribution in [0.4, 0.5) is 17.6 Å². The molecule has 2 N–H and O–H groups in total. The van der Waals surface area contributed by atoms with E-state index in [0.29, 0.717) is 6.42 Å². The van der Waals surface area contributed by atoms with Crippen molar-refractivity contribution in [2.45, 2.75) is 32.2 Å². The molecule has 1 rings (SSSR count). The molecule has 0 unspecified atom stereocenters. The molecule has 1 nitrogen and oxygen atoms in total. The topological polar surface area (TPSA) is 26.0 Å². The van der Waals surface area contributed by atoms with Crippen molar-refractivity contribution in [3.8, 4) is 0 Å². The lowest BCUT2D eigenvalue weighted by atomic mass is 10.0. The Morgan fingerprint density at radius 1 is 1.12 bits per heavy atom. The van der Waals surface area contributed by atoms with E-state index >= 15 is 0 Å². The zero-order valence-electron chi connectivity index (χ0n) is 9.27. The lowest BCUT2D eigenvalue weighted by Crippen LogP contribution is -2.16. The van der Waals surface area contributed by atoms with Crippen molar-refractivity contribution in [1.29, 1.82) is 0 Å². The zero-order valence-corrected chi connectivity index (χ0v) is 10.1. The lowest BCUT2D eigenvalue weighted by Gasteiger charge is -2.14. The summed E-state index contributed by atoms with van der Waals surface area (Å²) in [5, 5.41) is 0. The van der Waals surface area contributed by atoms with Gasteiger partial charge < -0.3 is 5.73 Å². The molecule has 0 aromatic heterocycles. The Labute approximate surface area is 103 Å². The molecular weight excluding hydrogens is 258 g/mol. The molecule has 1 aromatic carbocycles. The van der Waals surface area contributed by atoms with Crippen molar-refractivity contribution in [2.75, 3.05) is 0 Å². The second-order valence-electron chi connectivity index (χ2n) is 3.63. The third kappa shape index (κ3) is 3.57. The Morgan fingerprint density at radius 2 is 1.59 bits per heavy atom. The maximum absolute atomic E-state index is 13.3. The summed E-state index contributed by atoms with van der Waals surface area (Å²) in [6.45, 7) is 1.88. The third-order valence-corrected chi connectivity index (χ3v) is 2.39.